The van der Waals surface area contributed by atoms with Crippen LogP contribution in [0.25, 0.3) is 11.1 Å². The minimum absolute atomic E-state index is 0.0348. The number of benzene rings is 2. The van der Waals surface area contributed by atoms with Gasteiger partial charge in [0.25, 0.3) is 0 Å². The predicted octanol–water partition coefficient (Wildman–Crippen LogP) is 5.82. The summed E-state index contributed by atoms with van der Waals surface area (Å²) in [5.74, 6) is 0.440. The second-order valence-corrected chi connectivity index (χ2v) is 7.82. The summed E-state index contributed by atoms with van der Waals surface area (Å²) >= 11 is 1.56. The zero-order valence-electron chi connectivity index (χ0n) is 15.2. The third-order valence-corrected chi connectivity index (χ3v) is 5.70. The van der Waals surface area contributed by atoms with E-state index in [4.69, 9.17) is 4.74 Å². The third kappa shape index (κ3) is 3.47. The number of rotatable bonds is 4. The lowest BCUT2D eigenvalue weighted by molar-refractivity contribution is -0.116. The monoisotopic (exact) mass is 381 g/mol. The summed E-state index contributed by atoms with van der Waals surface area (Å²) in [5, 5.41) is 4.88. The van der Waals surface area contributed by atoms with E-state index in [9.17, 15) is 9.18 Å². The van der Waals surface area contributed by atoms with Gasteiger partial charge in [-0.3, -0.25) is 4.79 Å². The van der Waals surface area contributed by atoms with Gasteiger partial charge in [0.2, 0.25) is 5.91 Å². The Morgan fingerprint density at radius 3 is 2.56 bits per heavy atom. The zero-order chi connectivity index (χ0) is 19.0. The molecular weight excluding hydrogens is 361 g/mol. The van der Waals surface area contributed by atoms with Crippen LogP contribution in [-0.4, -0.2) is 12.0 Å². The third-order valence-electron chi connectivity index (χ3n) is 4.61. The van der Waals surface area contributed by atoms with Gasteiger partial charge in [-0.2, -0.15) is 0 Å². The van der Waals surface area contributed by atoms with E-state index < -0.39 is 0 Å². The van der Waals surface area contributed by atoms with Crippen molar-refractivity contribution >= 4 is 22.9 Å². The fourth-order valence-electron chi connectivity index (χ4n) is 3.42. The standard InChI is InChI=1S/C22H20FNO2S/c1-13(2)26-15-9-7-14(8-10-15)17-11-20(25)24-21-18(12-27-22(17)21)16-5-3-4-6-19(16)23/h3-10,12-13,17H,11H2,1-2H3,(H,24,25). The molecule has 0 aliphatic carbocycles. The molecule has 0 bridgehead atoms. The van der Waals surface area contributed by atoms with E-state index >= 15 is 0 Å². The number of amides is 1. The lowest BCUT2D eigenvalue weighted by atomic mass is 9.89. The molecule has 1 atom stereocenters. The van der Waals surface area contributed by atoms with Crippen molar-refractivity contribution < 1.29 is 13.9 Å². The first-order valence-corrected chi connectivity index (χ1v) is 9.83. The molecule has 0 radical (unpaired) electrons. The Morgan fingerprint density at radius 1 is 1.11 bits per heavy atom. The maximum absolute atomic E-state index is 14.3. The number of halogens is 1. The van der Waals surface area contributed by atoms with Crippen molar-refractivity contribution in [1.29, 1.82) is 0 Å². The summed E-state index contributed by atoms with van der Waals surface area (Å²) in [4.78, 5) is 13.4. The van der Waals surface area contributed by atoms with Crippen molar-refractivity contribution in [3.63, 3.8) is 0 Å². The van der Waals surface area contributed by atoms with Gasteiger partial charge in [-0.25, -0.2) is 4.39 Å². The van der Waals surface area contributed by atoms with Crippen molar-refractivity contribution in [3.05, 3.63) is 70.2 Å². The topological polar surface area (TPSA) is 38.3 Å². The van der Waals surface area contributed by atoms with Crippen LogP contribution in [0.2, 0.25) is 0 Å². The Morgan fingerprint density at radius 2 is 1.85 bits per heavy atom. The maximum atomic E-state index is 14.3. The molecule has 1 aromatic heterocycles. The summed E-state index contributed by atoms with van der Waals surface area (Å²) in [6.45, 7) is 3.98. The van der Waals surface area contributed by atoms with E-state index in [1.165, 1.54) is 6.07 Å². The van der Waals surface area contributed by atoms with Crippen LogP contribution in [0.3, 0.4) is 0 Å². The number of anilines is 1. The van der Waals surface area contributed by atoms with Crippen molar-refractivity contribution in [2.75, 3.05) is 5.32 Å². The van der Waals surface area contributed by atoms with E-state index in [1.54, 1.807) is 29.5 Å². The Kier molecular flexibility index (Phi) is 4.70. The lowest BCUT2D eigenvalue weighted by Gasteiger charge is -2.24. The van der Waals surface area contributed by atoms with Gasteiger partial charge in [-0.1, -0.05) is 30.3 Å². The lowest BCUT2D eigenvalue weighted by Crippen LogP contribution is -2.22. The first-order chi connectivity index (χ1) is 13.0. The molecule has 1 aliphatic rings. The fraction of sp³-hybridized carbons (Fsp3) is 0.227. The second-order valence-electron chi connectivity index (χ2n) is 6.91. The van der Waals surface area contributed by atoms with Gasteiger partial charge < -0.3 is 10.1 Å². The summed E-state index contributed by atoms with van der Waals surface area (Å²) < 4.78 is 20.0. The summed E-state index contributed by atoms with van der Waals surface area (Å²) in [6.07, 6.45) is 0.498. The average Bonchev–Trinajstić information content (AvgIpc) is 3.05. The minimum Gasteiger partial charge on any atom is -0.491 e. The number of fused-ring (bicyclic) bond motifs is 1. The van der Waals surface area contributed by atoms with Gasteiger partial charge in [-0.05, 0) is 37.6 Å². The first kappa shape index (κ1) is 17.7. The highest BCUT2D eigenvalue weighted by Crippen LogP contribution is 2.47. The molecule has 4 rings (SSSR count). The molecule has 2 aromatic carbocycles. The highest BCUT2D eigenvalue weighted by Gasteiger charge is 2.30. The molecule has 2 heterocycles. The largest absolute Gasteiger partial charge is 0.491 e. The molecule has 3 nitrogen and oxygen atoms in total. The molecular formula is C22H20FNO2S. The van der Waals surface area contributed by atoms with Gasteiger partial charge in [0, 0.05) is 33.7 Å². The van der Waals surface area contributed by atoms with Gasteiger partial charge >= 0.3 is 0 Å². The molecule has 1 unspecified atom stereocenters. The highest BCUT2D eigenvalue weighted by molar-refractivity contribution is 7.11. The molecule has 1 N–H and O–H groups in total. The van der Waals surface area contributed by atoms with Crippen LogP contribution in [0.4, 0.5) is 10.1 Å². The van der Waals surface area contributed by atoms with E-state index in [2.05, 4.69) is 5.32 Å². The van der Waals surface area contributed by atoms with Crippen molar-refractivity contribution in [2.45, 2.75) is 32.3 Å². The molecule has 27 heavy (non-hydrogen) atoms. The normalized spacial score (nSPS) is 16.1. The van der Waals surface area contributed by atoms with Crippen LogP contribution in [-0.2, 0) is 4.79 Å². The summed E-state index contributed by atoms with van der Waals surface area (Å²) in [5.41, 5.74) is 3.04. The van der Waals surface area contributed by atoms with Crippen molar-refractivity contribution in [3.8, 4) is 16.9 Å². The number of hydrogen-bond acceptors (Lipinski definition) is 3. The second kappa shape index (κ2) is 7.16. The summed E-state index contributed by atoms with van der Waals surface area (Å²) in [7, 11) is 0. The molecule has 1 amide bonds. The van der Waals surface area contributed by atoms with Gasteiger partial charge in [-0.15, -0.1) is 11.3 Å². The van der Waals surface area contributed by atoms with Crippen LogP contribution in [0.15, 0.2) is 53.9 Å². The SMILES string of the molecule is CC(C)Oc1ccc(C2CC(=O)Nc3c(-c4ccccc4F)csc32)cc1. The molecule has 5 heteroatoms. The number of carbonyl (C=O) groups is 1. The molecule has 0 spiro atoms. The Labute approximate surface area is 161 Å². The number of nitrogens with one attached hydrogen (secondary N) is 1. The highest BCUT2D eigenvalue weighted by atomic mass is 32.1. The number of hydrogen-bond donors (Lipinski definition) is 1. The van der Waals surface area contributed by atoms with E-state index in [-0.39, 0.29) is 23.7 Å². The number of thiophene rings is 1. The van der Waals surface area contributed by atoms with Crippen LogP contribution >= 0.6 is 11.3 Å². The number of ether oxygens (including phenoxy) is 1. The van der Waals surface area contributed by atoms with Gasteiger partial charge in [0.1, 0.15) is 11.6 Å². The van der Waals surface area contributed by atoms with E-state index in [1.807, 2.05) is 43.5 Å². The molecule has 1 aliphatic heterocycles. The van der Waals surface area contributed by atoms with Crippen molar-refractivity contribution in [1.82, 2.24) is 0 Å². The van der Waals surface area contributed by atoms with E-state index in [0.717, 1.165) is 27.4 Å². The number of carbonyl (C=O) groups excluding carboxylic acids is 1. The van der Waals surface area contributed by atoms with Crippen LogP contribution in [0.5, 0.6) is 5.75 Å². The van der Waals surface area contributed by atoms with E-state index in [0.29, 0.717) is 12.0 Å². The summed E-state index contributed by atoms with van der Waals surface area (Å²) in [6, 6.07) is 14.5. The van der Waals surface area contributed by atoms with Crippen molar-refractivity contribution in [2.24, 2.45) is 0 Å². The Bertz CT molecular complexity index is 978. The van der Waals surface area contributed by atoms with Crippen LogP contribution in [0.1, 0.15) is 36.6 Å². The zero-order valence-corrected chi connectivity index (χ0v) is 16.0. The maximum Gasteiger partial charge on any atom is 0.225 e. The minimum atomic E-state index is -0.287. The molecule has 0 saturated carbocycles. The Hall–Kier alpha value is -2.66. The van der Waals surface area contributed by atoms with Crippen LogP contribution in [0, 0.1) is 5.82 Å². The molecule has 0 saturated heterocycles. The predicted molar refractivity (Wildman–Crippen MR) is 107 cm³/mol. The molecule has 3 aromatic rings. The average molecular weight is 381 g/mol. The fourth-order valence-corrected chi connectivity index (χ4v) is 4.58. The Balaban J connectivity index is 1.72. The first-order valence-electron chi connectivity index (χ1n) is 8.95. The quantitative estimate of drug-likeness (QED) is 0.619. The molecule has 0 fully saturated rings. The van der Waals surface area contributed by atoms with Crippen LogP contribution < -0.4 is 10.1 Å². The van der Waals surface area contributed by atoms with Gasteiger partial charge in [0.05, 0.1) is 11.8 Å². The smallest absolute Gasteiger partial charge is 0.225 e. The molecule has 138 valence electrons. The van der Waals surface area contributed by atoms with Gasteiger partial charge in [0.15, 0.2) is 0 Å².